The minimum absolute atomic E-state index is 1.16. The molecule has 2 N–H and O–H groups in total. The molecule has 0 spiro atoms. The van der Waals surface area contributed by atoms with Gasteiger partial charge in [0.2, 0.25) is 0 Å². The molecule has 211 valence electrons. The molecule has 2 aromatic heterocycles. The fourth-order valence-electron chi connectivity index (χ4n) is 7.02. The van der Waals surface area contributed by atoms with Gasteiger partial charge in [0.25, 0.3) is 0 Å². The molecule has 0 unspecified atom stereocenters. The first-order valence-electron chi connectivity index (χ1n) is 15.4. The Morgan fingerprint density at radius 3 is 1.24 bits per heavy atom. The van der Waals surface area contributed by atoms with Crippen molar-refractivity contribution in [2.24, 2.45) is 0 Å². The predicted molar refractivity (Wildman–Crippen MR) is 194 cm³/mol. The molecule has 0 aliphatic carbocycles. The second-order valence-corrected chi connectivity index (χ2v) is 14.2. The Balaban J connectivity index is 1.35. The van der Waals surface area contributed by atoms with Gasteiger partial charge < -0.3 is 9.97 Å². The zero-order chi connectivity index (χ0) is 29.7. The fraction of sp³-hybridized carbons (Fsp3) is 0. The fourth-order valence-corrected chi connectivity index (χ4v) is 9.67. The van der Waals surface area contributed by atoms with Crippen molar-refractivity contribution in [3.63, 3.8) is 0 Å². The number of rotatable bonds is 5. The molecule has 2 heterocycles. The summed E-state index contributed by atoms with van der Waals surface area (Å²) < 4.78 is 0. The van der Waals surface area contributed by atoms with Gasteiger partial charge in [0.1, 0.15) is 0 Å². The maximum absolute atomic E-state index is 3.77. The summed E-state index contributed by atoms with van der Waals surface area (Å²) in [6.45, 7) is 0. The van der Waals surface area contributed by atoms with Crippen molar-refractivity contribution < 1.29 is 0 Å². The van der Waals surface area contributed by atoms with Crippen LogP contribution in [0, 0.1) is 0 Å². The van der Waals surface area contributed by atoms with Gasteiger partial charge in [-0.3, -0.25) is 0 Å². The largest absolute Gasteiger partial charge is 0.354 e. The molecule has 0 fully saturated rings. The van der Waals surface area contributed by atoms with Gasteiger partial charge in [-0.15, -0.1) is 0 Å². The summed E-state index contributed by atoms with van der Waals surface area (Å²) in [7, 11) is -1.31. The molecule has 3 heteroatoms. The number of hydrogen-bond acceptors (Lipinski definition) is 0. The number of hydrogen-bond donors (Lipinski definition) is 2. The Kier molecular flexibility index (Phi) is 6.03. The first kappa shape index (κ1) is 25.8. The van der Waals surface area contributed by atoms with E-state index in [1.54, 1.807) is 0 Å². The van der Waals surface area contributed by atoms with Crippen LogP contribution in [-0.2, 0) is 0 Å². The van der Waals surface area contributed by atoms with Gasteiger partial charge in [0.05, 0.1) is 11.0 Å². The SMILES string of the molecule is c1ccc([Si](c2ccccc2)c2cc(-c3cccc4c3[nH]c3ccccc34)cc(-c3cccc4c3[nH]c3ccccc34)c2)cc1. The third-order valence-corrected chi connectivity index (χ3v) is 11.7. The second-order valence-electron chi connectivity index (χ2n) is 11.7. The molecule has 9 rings (SSSR count). The highest BCUT2D eigenvalue weighted by molar-refractivity contribution is 6.95. The summed E-state index contributed by atoms with van der Waals surface area (Å²) in [5.74, 6) is 0. The monoisotopic (exact) mass is 589 g/mol. The molecule has 0 atom stereocenters. The van der Waals surface area contributed by atoms with Crippen LogP contribution in [0.15, 0.2) is 164 Å². The first-order chi connectivity index (χ1) is 22.3. The average Bonchev–Trinajstić information content (AvgIpc) is 3.68. The Labute approximate surface area is 263 Å². The second kappa shape index (κ2) is 10.5. The maximum atomic E-state index is 3.77. The van der Waals surface area contributed by atoms with E-state index in [1.165, 1.54) is 70.4 Å². The summed E-state index contributed by atoms with van der Waals surface area (Å²) in [4.78, 5) is 7.53. The van der Waals surface area contributed by atoms with Crippen LogP contribution in [0.3, 0.4) is 0 Å². The first-order valence-corrected chi connectivity index (χ1v) is 16.9. The summed E-state index contributed by atoms with van der Waals surface area (Å²) >= 11 is 0. The van der Waals surface area contributed by atoms with Crippen LogP contribution in [0.25, 0.3) is 65.9 Å². The number of H-pyrrole nitrogens is 2. The molecule has 0 aliphatic rings. The third-order valence-electron chi connectivity index (χ3n) is 9.05. The standard InChI is InChI=1S/C42H29N2Si/c1-3-13-30(14-4-1)45(31-15-5-2-6-16-31)32-26-28(33-19-11-21-37-35-17-7-9-23-39(35)43-41(33)37)25-29(27-32)34-20-12-22-38-36-18-8-10-24-40(36)44-42(34)38/h1-27,43-44H. The Morgan fingerprint density at radius 1 is 0.333 bits per heavy atom. The zero-order valence-electron chi connectivity index (χ0n) is 24.6. The minimum atomic E-state index is -1.31. The van der Waals surface area contributed by atoms with Crippen molar-refractivity contribution in [1.29, 1.82) is 0 Å². The van der Waals surface area contributed by atoms with Crippen LogP contribution in [0.2, 0.25) is 0 Å². The lowest BCUT2D eigenvalue weighted by Gasteiger charge is -2.20. The number of nitrogens with one attached hydrogen (secondary N) is 2. The smallest absolute Gasteiger partial charge is 0.154 e. The van der Waals surface area contributed by atoms with E-state index in [0.717, 1.165) is 11.0 Å². The zero-order valence-corrected chi connectivity index (χ0v) is 25.6. The normalized spacial score (nSPS) is 11.8. The highest BCUT2D eigenvalue weighted by Gasteiger charge is 2.22. The summed E-state index contributed by atoms with van der Waals surface area (Å²) in [6.07, 6.45) is 0. The topological polar surface area (TPSA) is 31.6 Å². The third kappa shape index (κ3) is 4.32. The molecule has 0 bridgehead atoms. The molecule has 9 aromatic rings. The number of fused-ring (bicyclic) bond motifs is 6. The van der Waals surface area contributed by atoms with Crippen molar-refractivity contribution in [2.75, 3.05) is 0 Å². The average molecular weight is 590 g/mol. The van der Waals surface area contributed by atoms with Crippen molar-refractivity contribution in [1.82, 2.24) is 9.97 Å². The summed E-state index contributed by atoms with van der Waals surface area (Å²) in [5.41, 5.74) is 9.58. The van der Waals surface area contributed by atoms with E-state index >= 15 is 0 Å². The van der Waals surface area contributed by atoms with Gasteiger partial charge in [0.15, 0.2) is 8.80 Å². The van der Waals surface area contributed by atoms with Crippen LogP contribution in [0.1, 0.15) is 0 Å². The molecule has 0 saturated heterocycles. The lowest BCUT2D eigenvalue weighted by Crippen LogP contribution is -2.52. The Morgan fingerprint density at radius 2 is 0.756 bits per heavy atom. The molecular weight excluding hydrogens is 561 g/mol. The van der Waals surface area contributed by atoms with E-state index in [4.69, 9.17) is 0 Å². The molecule has 7 aromatic carbocycles. The maximum Gasteiger partial charge on any atom is 0.154 e. The number of aromatic amines is 2. The van der Waals surface area contributed by atoms with Gasteiger partial charge in [-0.25, -0.2) is 0 Å². The highest BCUT2D eigenvalue weighted by Crippen LogP contribution is 2.37. The van der Waals surface area contributed by atoms with E-state index in [9.17, 15) is 0 Å². The Hall–Kier alpha value is -5.64. The summed E-state index contributed by atoms with van der Waals surface area (Å²) in [6, 6.07) is 60.0. The predicted octanol–water partition coefficient (Wildman–Crippen LogP) is 8.81. The van der Waals surface area contributed by atoms with Gasteiger partial charge in [0, 0.05) is 43.7 Å². The van der Waals surface area contributed by atoms with Gasteiger partial charge >= 0.3 is 0 Å². The van der Waals surface area contributed by atoms with Gasteiger partial charge in [-0.2, -0.15) is 0 Å². The van der Waals surface area contributed by atoms with Crippen LogP contribution < -0.4 is 15.6 Å². The van der Waals surface area contributed by atoms with Crippen LogP contribution in [0.4, 0.5) is 0 Å². The lowest BCUT2D eigenvalue weighted by molar-refractivity contribution is 1.53. The van der Waals surface area contributed by atoms with Gasteiger partial charge in [-0.05, 0) is 34.5 Å². The van der Waals surface area contributed by atoms with E-state index in [0.29, 0.717) is 0 Å². The van der Waals surface area contributed by atoms with Crippen molar-refractivity contribution in [3.05, 3.63) is 164 Å². The molecule has 2 nitrogen and oxygen atoms in total. The van der Waals surface area contributed by atoms with Crippen LogP contribution in [0.5, 0.6) is 0 Å². The number of aromatic nitrogens is 2. The van der Waals surface area contributed by atoms with Crippen molar-refractivity contribution in [2.45, 2.75) is 0 Å². The van der Waals surface area contributed by atoms with Crippen LogP contribution >= 0.6 is 0 Å². The minimum Gasteiger partial charge on any atom is -0.354 e. The van der Waals surface area contributed by atoms with E-state index in [-0.39, 0.29) is 0 Å². The Bertz CT molecular complexity index is 2320. The number of para-hydroxylation sites is 4. The lowest BCUT2D eigenvalue weighted by atomic mass is 9.96. The molecule has 1 radical (unpaired) electrons. The molecule has 0 saturated carbocycles. The molecule has 45 heavy (non-hydrogen) atoms. The van der Waals surface area contributed by atoms with E-state index in [2.05, 4.69) is 174 Å². The van der Waals surface area contributed by atoms with E-state index in [1.807, 2.05) is 0 Å². The summed E-state index contributed by atoms with van der Waals surface area (Å²) in [5, 5.41) is 9.15. The van der Waals surface area contributed by atoms with Crippen molar-refractivity contribution >= 4 is 68.0 Å². The van der Waals surface area contributed by atoms with Gasteiger partial charge in [-0.1, -0.05) is 156 Å². The quantitative estimate of drug-likeness (QED) is 0.149. The van der Waals surface area contributed by atoms with Crippen LogP contribution in [-0.4, -0.2) is 18.8 Å². The number of benzene rings is 7. The van der Waals surface area contributed by atoms with E-state index < -0.39 is 8.80 Å². The highest BCUT2D eigenvalue weighted by atomic mass is 28.3. The molecule has 0 amide bonds. The van der Waals surface area contributed by atoms with Crippen molar-refractivity contribution in [3.8, 4) is 22.3 Å². The molecular formula is C42H29N2Si. The molecule has 0 aliphatic heterocycles.